The van der Waals surface area contributed by atoms with Crippen molar-refractivity contribution in [2.24, 2.45) is 5.41 Å². The van der Waals surface area contributed by atoms with Gasteiger partial charge in [-0.15, -0.1) is 0 Å². The van der Waals surface area contributed by atoms with Crippen LogP contribution in [0.25, 0.3) is 0 Å². The third-order valence-electron chi connectivity index (χ3n) is 4.33. The van der Waals surface area contributed by atoms with E-state index in [-0.39, 0.29) is 22.4 Å². The molecule has 1 heterocycles. The van der Waals surface area contributed by atoms with Gasteiger partial charge in [0.15, 0.2) is 0 Å². The topological polar surface area (TPSA) is 82.2 Å². The normalized spacial score (nSPS) is 26.2. The summed E-state index contributed by atoms with van der Waals surface area (Å²) >= 11 is 0. The van der Waals surface area contributed by atoms with Gasteiger partial charge >= 0.3 is 0 Å². The number of rotatable bonds is 3. The number of aliphatic hydroxyl groups is 1. The van der Waals surface area contributed by atoms with Crippen molar-refractivity contribution in [2.45, 2.75) is 45.6 Å². The van der Waals surface area contributed by atoms with Crippen LogP contribution in [0.5, 0.6) is 0 Å². The zero-order valence-corrected chi connectivity index (χ0v) is 12.0. The van der Waals surface area contributed by atoms with Crippen molar-refractivity contribution in [3.63, 3.8) is 0 Å². The summed E-state index contributed by atoms with van der Waals surface area (Å²) in [7, 11) is 0. The van der Waals surface area contributed by atoms with Crippen molar-refractivity contribution >= 4 is 5.91 Å². The quantitative estimate of drug-likeness (QED) is 0.780. The number of carbonyl (C=O) groups excluding carboxylic acids is 1. The average Bonchev–Trinajstić information content (AvgIpc) is 2.40. The lowest BCUT2D eigenvalue weighted by atomic mass is 9.73. The van der Waals surface area contributed by atoms with Gasteiger partial charge in [-0.3, -0.25) is 9.59 Å². The van der Waals surface area contributed by atoms with Crippen molar-refractivity contribution in [3.8, 4) is 0 Å². The second-order valence-corrected chi connectivity index (χ2v) is 5.96. The van der Waals surface area contributed by atoms with E-state index in [1.165, 1.54) is 6.20 Å². The zero-order valence-electron chi connectivity index (χ0n) is 12.0. The summed E-state index contributed by atoms with van der Waals surface area (Å²) < 4.78 is 0. The summed E-state index contributed by atoms with van der Waals surface area (Å²) in [5.74, 6) is -0.372. The highest BCUT2D eigenvalue weighted by Crippen LogP contribution is 2.35. The van der Waals surface area contributed by atoms with E-state index < -0.39 is 6.10 Å². The molecule has 1 fully saturated rings. The molecule has 1 aromatic heterocycles. The van der Waals surface area contributed by atoms with Gasteiger partial charge in [-0.25, -0.2) is 0 Å². The summed E-state index contributed by atoms with van der Waals surface area (Å²) in [5.41, 5.74) is 0.127. The van der Waals surface area contributed by atoms with Crippen LogP contribution in [0.2, 0.25) is 0 Å². The summed E-state index contributed by atoms with van der Waals surface area (Å²) in [5, 5.41) is 12.9. The Labute approximate surface area is 118 Å². The van der Waals surface area contributed by atoms with Crippen LogP contribution in [0.3, 0.4) is 0 Å². The fourth-order valence-electron chi connectivity index (χ4n) is 2.82. The van der Waals surface area contributed by atoms with E-state index in [9.17, 15) is 14.7 Å². The number of carbonyl (C=O) groups is 1. The van der Waals surface area contributed by atoms with Crippen LogP contribution in [0.1, 0.15) is 48.5 Å². The molecule has 2 atom stereocenters. The Kier molecular flexibility index (Phi) is 4.28. The van der Waals surface area contributed by atoms with E-state index in [0.29, 0.717) is 12.1 Å². The lowest BCUT2D eigenvalue weighted by Crippen LogP contribution is -2.46. The number of pyridine rings is 1. The number of aryl methyl sites for hydroxylation is 1. The second kappa shape index (κ2) is 5.79. The fraction of sp³-hybridized carbons (Fsp3) is 0.600. The highest BCUT2D eigenvalue weighted by molar-refractivity contribution is 5.95. The molecule has 110 valence electrons. The molecule has 1 amide bonds. The minimum atomic E-state index is -0.397. The molecule has 0 bridgehead atoms. The molecule has 0 aromatic carbocycles. The maximum Gasteiger partial charge on any atom is 0.261 e. The first-order chi connectivity index (χ1) is 9.44. The van der Waals surface area contributed by atoms with Crippen molar-refractivity contribution in [1.29, 1.82) is 0 Å². The second-order valence-electron chi connectivity index (χ2n) is 5.96. The average molecular weight is 278 g/mol. The number of amides is 1. The molecule has 0 saturated heterocycles. The van der Waals surface area contributed by atoms with Crippen LogP contribution < -0.4 is 10.9 Å². The predicted octanol–water partition coefficient (Wildman–Crippen LogP) is 1.35. The summed E-state index contributed by atoms with van der Waals surface area (Å²) in [6.45, 7) is 4.11. The molecule has 5 nitrogen and oxygen atoms in total. The van der Waals surface area contributed by atoms with E-state index in [1.54, 1.807) is 13.0 Å². The van der Waals surface area contributed by atoms with Crippen LogP contribution in [0.4, 0.5) is 0 Å². The zero-order chi connectivity index (χ0) is 14.8. The van der Waals surface area contributed by atoms with E-state index in [2.05, 4.69) is 10.3 Å². The van der Waals surface area contributed by atoms with Gasteiger partial charge in [0.25, 0.3) is 11.5 Å². The molecule has 5 heteroatoms. The number of aliphatic hydroxyl groups excluding tert-OH is 1. The summed E-state index contributed by atoms with van der Waals surface area (Å²) in [6.07, 6.45) is 4.89. The molecule has 20 heavy (non-hydrogen) atoms. The molecule has 2 rings (SSSR count). The van der Waals surface area contributed by atoms with E-state index >= 15 is 0 Å². The Morgan fingerprint density at radius 2 is 2.30 bits per heavy atom. The first kappa shape index (κ1) is 14.8. The Morgan fingerprint density at radius 3 is 2.95 bits per heavy atom. The molecule has 1 aliphatic carbocycles. The van der Waals surface area contributed by atoms with Gasteiger partial charge in [0.1, 0.15) is 5.56 Å². The fourth-order valence-corrected chi connectivity index (χ4v) is 2.82. The lowest BCUT2D eigenvalue weighted by molar-refractivity contribution is 0.00189. The predicted molar refractivity (Wildman–Crippen MR) is 76.7 cm³/mol. The highest BCUT2D eigenvalue weighted by atomic mass is 16.3. The molecule has 0 aliphatic heterocycles. The highest BCUT2D eigenvalue weighted by Gasteiger charge is 2.35. The smallest absolute Gasteiger partial charge is 0.261 e. The monoisotopic (exact) mass is 278 g/mol. The summed E-state index contributed by atoms with van der Waals surface area (Å²) in [6, 6.07) is 1.70. The SMILES string of the molecule is Cc1cc[nH]c(=O)c1C(=O)NCC1(C)CCCCC1O. The van der Waals surface area contributed by atoms with Gasteiger partial charge in [-0.2, -0.15) is 0 Å². The molecular weight excluding hydrogens is 256 g/mol. The number of aromatic nitrogens is 1. The first-order valence-electron chi connectivity index (χ1n) is 7.08. The molecule has 3 N–H and O–H groups in total. The minimum Gasteiger partial charge on any atom is -0.392 e. The van der Waals surface area contributed by atoms with Gasteiger partial charge in [-0.05, 0) is 31.4 Å². The standard InChI is InChI=1S/C15H22N2O3/c1-10-6-8-16-13(19)12(10)14(20)17-9-15(2)7-4-3-5-11(15)18/h6,8,11,18H,3-5,7,9H2,1-2H3,(H,16,19)(H,17,20). The Morgan fingerprint density at radius 1 is 1.55 bits per heavy atom. The number of H-pyrrole nitrogens is 1. The van der Waals surface area contributed by atoms with Crippen molar-refractivity contribution < 1.29 is 9.90 Å². The van der Waals surface area contributed by atoms with Crippen LogP contribution in [-0.2, 0) is 0 Å². The van der Waals surface area contributed by atoms with E-state index in [0.717, 1.165) is 25.7 Å². The summed E-state index contributed by atoms with van der Waals surface area (Å²) in [4.78, 5) is 26.4. The molecule has 1 aliphatic rings. The van der Waals surface area contributed by atoms with Gasteiger partial charge in [0, 0.05) is 18.2 Å². The van der Waals surface area contributed by atoms with Gasteiger partial charge in [0.2, 0.25) is 0 Å². The molecule has 0 radical (unpaired) electrons. The number of nitrogens with one attached hydrogen (secondary N) is 2. The molecule has 2 unspecified atom stereocenters. The van der Waals surface area contributed by atoms with E-state index in [4.69, 9.17) is 0 Å². The minimum absolute atomic E-state index is 0.154. The van der Waals surface area contributed by atoms with Gasteiger partial charge in [0.05, 0.1) is 6.10 Å². The third kappa shape index (κ3) is 2.93. The van der Waals surface area contributed by atoms with Crippen molar-refractivity contribution in [1.82, 2.24) is 10.3 Å². The molecule has 1 saturated carbocycles. The van der Waals surface area contributed by atoms with Crippen LogP contribution in [0, 0.1) is 12.3 Å². The number of hydrogen-bond donors (Lipinski definition) is 3. The number of hydrogen-bond acceptors (Lipinski definition) is 3. The molecule has 1 aromatic rings. The van der Waals surface area contributed by atoms with Gasteiger partial charge < -0.3 is 15.4 Å². The van der Waals surface area contributed by atoms with Crippen molar-refractivity contribution in [2.75, 3.05) is 6.54 Å². The van der Waals surface area contributed by atoms with E-state index in [1.807, 2.05) is 6.92 Å². The first-order valence-corrected chi connectivity index (χ1v) is 7.08. The third-order valence-corrected chi connectivity index (χ3v) is 4.33. The molecule has 0 spiro atoms. The Bertz CT molecular complexity index is 552. The van der Waals surface area contributed by atoms with Crippen molar-refractivity contribution in [3.05, 3.63) is 33.7 Å². The number of aromatic amines is 1. The lowest BCUT2D eigenvalue weighted by Gasteiger charge is -2.38. The molecular formula is C15H22N2O3. The van der Waals surface area contributed by atoms with Crippen LogP contribution in [-0.4, -0.2) is 28.6 Å². The van der Waals surface area contributed by atoms with Gasteiger partial charge in [-0.1, -0.05) is 19.8 Å². The van der Waals surface area contributed by atoms with Crippen LogP contribution in [0.15, 0.2) is 17.1 Å². The Hall–Kier alpha value is -1.62. The Balaban J connectivity index is 2.07. The largest absolute Gasteiger partial charge is 0.392 e. The van der Waals surface area contributed by atoms with Crippen LogP contribution >= 0.6 is 0 Å². The maximum atomic E-state index is 12.2. The maximum absolute atomic E-state index is 12.2.